The fraction of sp³-hybridized carbons (Fsp3) is 0.571. The molecule has 0 aliphatic carbocycles. The maximum atomic E-state index is 4.91. The van der Waals surface area contributed by atoms with Gasteiger partial charge in [0.15, 0.2) is 0 Å². The smallest absolute Gasteiger partial charge is 0.225 e. The Morgan fingerprint density at radius 1 is 1.12 bits per heavy atom. The second-order valence-corrected chi connectivity index (χ2v) is 10.2. The lowest BCUT2D eigenvalue weighted by molar-refractivity contribution is 0.376. The van der Waals surface area contributed by atoms with Crippen LogP contribution in [0.1, 0.15) is 76.4 Å². The van der Waals surface area contributed by atoms with Crippen molar-refractivity contribution in [1.82, 2.24) is 19.9 Å². The standard InChI is InChI=1S/C28H40N6/c1-7-9-25(18(3)8-2)33-26-15-24-22(16-30-26)10-12-29-27(24)23-11-13-34(17-19(23)4)28-31-20(5)14-21(6)32-28/h10,12,14-16,18-19,23,25H,7-9,11,13,17H2,1-6H3,(H,30,33)/t18-,19?,23-,25?/m1/s1. The van der Waals surface area contributed by atoms with E-state index in [1.54, 1.807) is 0 Å². The van der Waals surface area contributed by atoms with Crippen molar-refractivity contribution in [3.8, 4) is 0 Å². The lowest BCUT2D eigenvalue weighted by atomic mass is 9.82. The van der Waals surface area contributed by atoms with Gasteiger partial charge in [0.25, 0.3) is 0 Å². The van der Waals surface area contributed by atoms with Crippen molar-refractivity contribution in [1.29, 1.82) is 0 Å². The van der Waals surface area contributed by atoms with E-state index in [1.165, 1.54) is 29.3 Å². The number of nitrogens with zero attached hydrogens (tertiary/aromatic N) is 5. The molecule has 1 aliphatic rings. The van der Waals surface area contributed by atoms with Crippen LogP contribution in [0.25, 0.3) is 10.8 Å². The van der Waals surface area contributed by atoms with Crippen LogP contribution in [-0.2, 0) is 0 Å². The number of aryl methyl sites for hydroxylation is 2. The Labute approximate surface area is 204 Å². The topological polar surface area (TPSA) is 66.8 Å². The molecule has 4 atom stereocenters. The largest absolute Gasteiger partial charge is 0.367 e. The Kier molecular flexibility index (Phi) is 7.64. The lowest BCUT2D eigenvalue weighted by Crippen LogP contribution is -2.39. The van der Waals surface area contributed by atoms with E-state index in [0.717, 1.165) is 49.1 Å². The number of hydrogen-bond donors (Lipinski definition) is 1. The highest BCUT2D eigenvalue weighted by molar-refractivity contribution is 5.86. The van der Waals surface area contributed by atoms with Gasteiger partial charge in [-0.15, -0.1) is 0 Å². The molecular weight excluding hydrogens is 420 g/mol. The third kappa shape index (κ3) is 5.31. The number of nitrogens with one attached hydrogen (secondary N) is 1. The zero-order valence-corrected chi connectivity index (χ0v) is 21.7. The van der Waals surface area contributed by atoms with Crippen LogP contribution in [0.15, 0.2) is 30.6 Å². The van der Waals surface area contributed by atoms with Crippen LogP contribution in [0.4, 0.5) is 11.8 Å². The molecule has 3 aromatic rings. The summed E-state index contributed by atoms with van der Waals surface area (Å²) in [5.41, 5.74) is 3.26. The zero-order chi connectivity index (χ0) is 24.2. The first-order chi connectivity index (χ1) is 16.4. The van der Waals surface area contributed by atoms with Crippen molar-refractivity contribution in [2.75, 3.05) is 23.3 Å². The molecule has 1 fully saturated rings. The first kappa shape index (κ1) is 24.4. The number of hydrogen-bond acceptors (Lipinski definition) is 6. The molecular formula is C28H40N6. The molecule has 0 amide bonds. The highest BCUT2D eigenvalue weighted by Gasteiger charge is 2.31. The summed E-state index contributed by atoms with van der Waals surface area (Å²) in [6.45, 7) is 15.1. The molecule has 1 aliphatic heterocycles. The molecule has 1 N–H and O–H groups in total. The van der Waals surface area contributed by atoms with Gasteiger partial charge in [-0.1, -0.05) is 40.5 Å². The monoisotopic (exact) mass is 460 g/mol. The van der Waals surface area contributed by atoms with Crippen LogP contribution in [0.5, 0.6) is 0 Å². The van der Waals surface area contributed by atoms with Crippen LogP contribution in [0, 0.1) is 25.7 Å². The quantitative estimate of drug-likeness (QED) is 0.426. The van der Waals surface area contributed by atoms with Gasteiger partial charge in [0, 0.05) is 59.6 Å². The average molecular weight is 461 g/mol. The molecule has 182 valence electrons. The van der Waals surface area contributed by atoms with Crippen molar-refractivity contribution >= 4 is 22.5 Å². The Hall–Kier alpha value is -2.76. The predicted molar refractivity (Wildman–Crippen MR) is 142 cm³/mol. The minimum Gasteiger partial charge on any atom is -0.367 e. The van der Waals surface area contributed by atoms with Crippen molar-refractivity contribution in [3.63, 3.8) is 0 Å². The van der Waals surface area contributed by atoms with Gasteiger partial charge in [-0.05, 0) is 56.7 Å². The number of rotatable bonds is 8. The van der Waals surface area contributed by atoms with Crippen LogP contribution in [-0.4, -0.2) is 39.1 Å². The van der Waals surface area contributed by atoms with Crippen molar-refractivity contribution < 1.29 is 0 Å². The average Bonchev–Trinajstić information content (AvgIpc) is 2.82. The summed E-state index contributed by atoms with van der Waals surface area (Å²) in [5, 5.41) is 6.13. The van der Waals surface area contributed by atoms with Gasteiger partial charge in [0.05, 0.1) is 5.69 Å². The summed E-state index contributed by atoms with van der Waals surface area (Å²) in [7, 11) is 0. The maximum absolute atomic E-state index is 4.91. The van der Waals surface area contributed by atoms with E-state index in [9.17, 15) is 0 Å². The second-order valence-electron chi connectivity index (χ2n) is 10.2. The molecule has 3 aromatic heterocycles. The molecule has 2 unspecified atom stereocenters. The number of piperidine rings is 1. The highest BCUT2D eigenvalue weighted by atomic mass is 15.3. The summed E-state index contributed by atoms with van der Waals surface area (Å²) < 4.78 is 0. The van der Waals surface area contributed by atoms with Crippen LogP contribution >= 0.6 is 0 Å². The third-order valence-electron chi connectivity index (χ3n) is 7.45. The van der Waals surface area contributed by atoms with Crippen LogP contribution in [0.3, 0.4) is 0 Å². The molecule has 6 nitrogen and oxygen atoms in total. The SMILES string of the molecule is CCCC(Nc1cc2c([C@@H]3CCN(c4nc(C)cc(C)n4)CC3C)nccc2cn1)[C@H](C)CC. The van der Waals surface area contributed by atoms with Gasteiger partial charge >= 0.3 is 0 Å². The van der Waals surface area contributed by atoms with Gasteiger partial charge in [0.1, 0.15) is 5.82 Å². The highest BCUT2D eigenvalue weighted by Crippen LogP contribution is 2.36. The van der Waals surface area contributed by atoms with E-state index in [1.807, 2.05) is 32.3 Å². The molecule has 6 heteroatoms. The summed E-state index contributed by atoms with van der Waals surface area (Å²) in [4.78, 5) is 21.4. The molecule has 0 aromatic carbocycles. The summed E-state index contributed by atoms with van der Waals surface area (Å²) in [6, 6.07) is 6.79. The maximum Gasteiger partial charge on any atom is 0.225 e. The van der Waals surface area contributed by atoms with E-state index < -0.39 is 0 Å². The summed E-state index contributed by atoms with van der Waals surface area (Å²) >= 11 is 0. The van der Waals surface area contributed by atoms with E-state index in [2.05, 4.69) is 50.0 Å². The van der Waals surface area contributed by atoms with Crippen molar-refractivity contribution in [2.24, 2.45) is 11.8 Å². The molecule has 0 bridgehead atoms. The molecule has 34 heavy (non-hydrogen) atoms. The van der Waals surface area contributed by atoms with Gasteiger partial charge in [-0.25, -0.2) is 15.0 Å². The van der Waals surface area contributed by atoms with Crippen molar-refractivity contribution in [2.45, 2.75) is 79.2 Å². The minimum atomic E-state index is 0.405. The Morgan fingerprint density at radius 2 is 1.88 bits per heavy atom. The summed E-state index contributed by atoms with van der Waals surface area (Å²) in [6.07, 6.45) is 8.48. The number of fused-ring (bicyclic) bond motifs is 1. The molecule has 0 spiro atoms. The number of anilines is 2. The Balaban J connectivity index is 1.58. The Bertz CT molecular complexity index is 1090. The normalized spacial score (nSPS) is 20.4. The summed E-state index contributed by atoms with van der Waals surface area (Å²) in [5.74, 6) is 3.30. The molecule has 1 saturated heterocycles. The van der Waals surface area contributed by atoms with Gasteiger partial charge in [-0.2, -0.15) is 0 Å². The van der Waals surface area contributed by atoms with Crippen LogP contribution < -0.4 is 10.2 Å². The van der Waals surface area contributed by atoms with Gasteiger partial charge in [0.2, 0.25) is 5.95 Å². The zero-order valence-electron chi connectivity index (χ0n) is 21.7. The molecule has 4 rings (SSSR count). The molecule has 0 radical (unpaired) electrons. The van der Waals surface area contributed by atoms with Gasteiger partial charge in [-0.3, -0.25) is 4.98 Å². The number of pyridine rings is 2. The Morgan fingerprint density at radius 3 is 2.56 bits per heavy atom. The third-order valence-corrected chi connectivity index (χ3v) is 7.45. The molecule has 0 saturated carbocycles. The predicted octanol–water partition coefficient (Wildman–Crippen LogP) is 6.29. The van der Waals surface area contributed by atoms with Crippen molar-refractivity contribution in [3.05, 3.63) is 47.7 Å². The van der Waals surface area contributed by atoms with Gasteiger partial charge < -0.3 is 10.2 Å². The molecule has 4 heterocycles. The fourth-order valence-corrected chi connectivity index (χ4v) is 5.33. The second kappa shape index (κ2) is 10.7. The lowest BCUT2D eigenvalue weighted by Gasteiger charge is -2.37. The van der Waals surface area contributed by atoms with E-state index >= 15 is 0 Å². The van der Waals surface area contributed by atoms with E-state index in [-0.39, 0.29) is 0 Å². The van der Waals surface area contributed by atoms with Crippen LogP contribution in [0.2, 0.25) is 0 Å². The first-order valence-electron chi connectivity index (χ1n) is 13.0. The fourth-order valence-electron chi connectivity index (χ4n) is 5.33. The first-order valence-corrected chi connectivity index (χ1v) is 13.0. The van der Waals surface area contributed by atoms with E-state index in [0.29, 0.717) is 23.8 Å². The number of aromatic nitrogens is 4. The minimum absolute atomic E-state index is 0.405. The van der Waals surface area contributed by atoms with E-state index in [4.69, 9.17) is 19.9 Å².